The summed E-state index contributed by atoms with van der Waals surface area (Å²) in [5.74, 6) is -3.93. The molecule has 1 aliphatic rings. The second-order valence-corrected chi connectivity index (χ2v) is 5.12. The smallest absolute Gasteiger partial charge is 0.477 e. The first kappa shape index (κ1) is 19.0. The molecule has 3 heterocycles. The molecule has 26 heavy (non-hydrogen) atoms. The standard InChI is InChI=1S/C13H11N3O3.C2HF3O2/c17-12-8-6-10(16-9(8)2-4-15-12)7-1-3-14-11(5-7)13(18)19;3-2(4,5)1(6)7/h1,3,5-6,16H,2,4H2,(H,15,17)(H,18,19);(H,6,7). The average Bonchev–Trinajstić information content (AvgIpc) is 3.00. The number of rotatable bonds is 2. The Bertz CT molecular complexity index is 860. The Kier molecular flexibility index (Phi) is 5.29. The van der Waals surface area contributed by atoms with Crippen molar-refractivity contribution in [2.75, 3.05) is 6.54 Å². The first-order valence-electron chi connectivity index (χ1n) is 7.09. The number of H-pyrrole nitrogens is 1. The van der Waals surface area contributed by atoms with Crippen molar-refractivity contribution in [3.05, 3.63) is 41.3 Å². The Labute approximate surface area is 143 Å². The van der Waals surface area contributed by atoms with Crippen LogP contribution in [-0.4, -0.2) is 50.7 Å². The summed E-state index contributed by atoms with van der Waals surface area (Å²) in [7, 11) is 0. The van der Waals surface area contributed by atoms with Gasteiger partial charge in [-0.1, -0.05) is 0 Å². The molecule has 8 nitrogen and oxygen atoms in total. The average molecular weight is 371 g/mol. The Morgan fingerprint density at radius 2 is 1.85 bits per heavy atom. The summed E-state index contributed by atoms with van der Waals surface area (Å²) in [5.41, 5.74) is 2.92. The van der Waals surface area contributed by atoms with E-state index in [1.807, 2.05) is 0 Å². The highest BCUT2D eigenvalue weighted by Gasteiger charge is 2.38. The van der Waals surface area contributed by atoms with E-state index in [1.165, 1.54) is 12.3 Å². The van der Waals surface area contributed by atoms with Gasteiger partial charge in [-0.25, -0.2) is 14.6 Å². The fourth-order valence-corrected chi connectivity index (χ4v) is 2.16. The number of carbonyl (C=O) groups is 3. The molecule has 3 rings (SSSR count). The van der Waals surface area contributed by atoms with Gasteiger partial charge in [-0.3, -0.25) is 4.79 Å². The van der Waals surface area contributed by atoms with Gasteiger partial charge in [0.25, 0.3) is 5.91 Å². The molecule has 138 valence electrons. The maximum atomic E-state index is 11.7. The molecule has 0 saturated carbocycles. The lowest BCUT2D eigenvalue weighted by Gasteiger charge is -2.10. The number of aromatic amines is 1. The summed E-state index contributed by atoms with van der Waals surface area (Å²) in [5, 5.41) is 18.8. The number of pyridine rings is 1. The molecule has 0 aromatic carbocycles. The number of nitrogens with zero attached hydrogens (tertiary/aromatic N) is 1. The molecule has 4 N–H and O–H groups in total. The van der Waals surface area contributed by atoms with E-state index in [-0.39, 0.29) is 11.6 Å². The first-order valence-corrected chi connectivity index (χ1v) is 7.09. The minimum atomic E-state index is -5.08. The van der Waals surface area contributed by atoms with Crippen LogP contribution in [0.2, 0.25) is 0 Å². The van der Waals surface area contributed by atoms with E-state index in [2.05, 4.69) is 15.3 Å². The molecule has 0 spiro atoms. The number of aromatic nitrogens is 2. The van der Waals surface area contributed by atoms with Gasteiger partial charge in [-0.05, 0) is 18.2 Å². The highest BCUT2D eigenvalue weighted by atomic mass is 19.4. The van der Waals surface area contributed by atoms with E-state index in [1.54, 1.807) is 12.1 Å². The fraction of sp³-hybridized carbons (Fsp3) is 0.200. The summed E-state index contributed by atoms with van der Waals surface area (Å²) in [6.07, 6.45) is -2.89. The second-order valence-electron chi connectivity index (χ2n) is 5.12. The summed E-state index contributed by atoms with van der Waals surface area (Å²) in [4.78, 5) is 38.4. The topological polar surface area (TPSA) is 132 Å². The van der Waals surface area contributed by atoms with Crippen LogP contribution < -0.4 is 5.32 Å². The lowest BCUT2D eigenvalue weighted by Crippen LogP contribution is -2.31. The van der Waals surface area contributed by atoms with Crippen molar-refractivity contribution in [1.82, 2.24) is 15.3 Å². The molecule has 0 aliphatic carbocycles. The van der Waals surface area contributed by atoms with Crippen LogP contribution in [-0.2, 0) is 11.2 Å². The minimum Gasteiger partial charge on any atom is -0.477 e. The SMILES string of the molecule is O=C(O)C(F)(F)F.O=C(O)c1cc(-c2cc3c([nH]2)CCNC3=O)ccn1. The zero-order valence-electron chi connectivity index (χ0n) is 12.9. The van der Waals surface area contributed by atoms with Gasteiger partial charge in [-0.15, -0.1) is 0 Å². The third-order valence-electron chi connectivity index (χ3n) is 3.34. The largest absolute Gasteiger partial charge is 0.490 e. The predicted octanol–water partition coefficient (Wildman–Crippen LogP) is 1.69. The number of halogens is 3. The summed E-state index contributed by atoms with van der Waals surface area (Å²) in [6.45, 7) is 0.614. The maximum absolute atomic E-state index is 11.7. The van der Waals surface area contributed by atoms with Crippen molar-refractivity contribution in [2.24, 2.45) is 0 Å². The molecular weight excluding hydrogens is 359 g/mol. The number of aromatic carboxylic acids is 1. The minimum absolute atomic E-state index is 0.0190. The molecule has 11 heteroatoms. The quantitative estimate of drug-likeness (QED) is 0.635. The van der Waals surface area contributed by atoms with Crippen LogP contribution in [0.15, 0.2) is 24.4 Å². The van der Waals surface area contributed by atoms with Crippen LogP contribution in [0.1, 0.15) is 26.5 Å². The van der Waals surface area contributed by atoms with Gasteiger partial charge in [0.1, 0.15) is 5.69 Å². The molecule has 0 bridgehead atoms. The second kappa shape index (κ2) is 7.25. The normalized spacial score (nSPS) is 13.1. The molecule has 1 aliphatic heterocycles. The highest BCUT2D eigenvalue weighted by molar-refractivity contribution is 5.98. The number of carboxylic acid groups (broad SMARTS) is 2. The maximum Gasteiger partial charge on any atom is 0.490 e. The third-order valence-corrected chi connectivity index (χ3v) is 3.34. The van der Waals surface area contributed by atoms with Crippen molar-refractivity contribution >= 4 is 17.8 Å². The summed E-state index contributed by atoms with van der Waals surface area (Å²) in [6, 6.07) is 4.93. The zero-order chi connectivity index (χ0) is 19.5. The predicted molar refractivity (Wildman–Crippen MR) is 80.7 cm³/mol. The van der Waals surface area contributed by atoms with E-state index in [4.69, 9.17) is 15.0 Å². The molecule has 0 saturated heterocycles. The van der Waals surface area contributed by atoms with Crippen molar-refractivity contribution in [2.45, 2.75) is 12.6 Å². The van der Waals surface area contributed by atoms with Crippen LogP contribution in [0.25, 0.3) is 11.3 Å². The van der Waals surface area contributed by atoms with Gasteiger partial charge in [0.05, 0.1) is 5.56 Å². The lowest BCUT2D eigenvalue weighted by molar-refractivity contribution is -0.192. The van der Waals surface area contributed by atoms with Gasteiger partial charge in [0.15, 0.2) is 0 Å². The summed E-state index contributed by atoms with van der Waals surface area (Å²) >= 11 is 0. The number of nitrogens with one attached hydrogen (secondary N) is 2. The van der Waals surface area contributed by atoms with Gasteiger partial charge < -0.3 is 20.5 Å². The van der Waals surface area contributed by atoms with Crippen molar-refractivity contribution in [1.29, 1.82) is 0 Å². The number of amides is 1. The van der Waals surface area contributed by atoms with Crippen molar-refractivity contribution < 1.29 is 37.8 Å². The Morgan fingerprint density at radius 3 is 2.38 bits per heavy atom. The van der Waals surface area contributed by atoms with E-state index in [0.717, 1.165) is 17.8 Å². The Hall–Kier alpha value is -3.37. The van der Waals surface area contributed by atoms with E-state index < -0.39 is 18.1 Å². The van der Waals surface area contributed by atoms with Crippen LogP contribution in [0, 0.1) is 0 Å². The number of carboxylic acids is 2. The van der Waals surface area contributed by atoms with E-state index in [9.17, 15) is 22.8 Å². The number of aliphatic carboxylic acids is 1. The number of carbonyl (C=O) groups excluding carboxylic acids is 1. The molecule has 0 fully saturated rings. The van der Waals surface area contributed by atoms with Gasteiger partial charge in [0, 0.05) is 36.1 Å². The third kappa shape index (κ3) is 4.37. The fourth-order valence-electron chi connectivity index (χ4n) is 2.16. The molecular formula is C15H12F3N3O5. The lowest BCUT2D eigenvalue weighted by atomic mass is 10.1. The highest BCUT2D eigenvalue weighted by Crippen LogP contribution is 2.24. The zero-order valence-corrected chi connectivity index (χ0v) is 12.9. The number of alkyl halides is 3. The van der Waals surface area contributed by atoms with E-state index >= 15 is 0 Å². The van der Waals surface area contributed by atoms with Crippen LogP contribution in [0.3, 0.4) is 0 Å². The number of hydrogen-bond donors (Lipinski definition) is 4. The van der Waals surface area contributed by atoms with Gasteiger partial charge >= 0.3 is 18.1 Å². The van der Waals surface area contributed by atoms with Crippen LogP contribution in [0.4, 0.5) is 13.2 Å². The summed E-state index contributed by atoms with van der Waals surface area (Å²) < 4.78 is 31.7. The van der Waals surface area contributed by atoms with Gasteiger partial charge in [0.2, 0.25) is 0 Å². The van der Waals surface area contributed by atoms with Crippen LogP contribution in [0.5, 0.6) is 0 Å². The number of hydrogen-bond acceptors (Lipinski definition) is 4. The molecule has 0 unspecified atom stereocenters. The Balaban J connectivity index is 0.000000298. The van der Waals surface area contributed by atoms with Crippen molar-refractivity contribution in [3.63, 3.8) is 0 Å². The van der Waals surface area contributed by atoms with E-state index in [0.29, 0.717) is 17.7 Å². The molecule has 2 aromatic rings. The molecule has 0 atom stereocenters. The molecule has 1 amide bonds. The monoisotopic (exact) mass is 371 g/mol. The molecule has 2 aromatic heterocycles. The first-order chi connectivity index (χ1) is 12.1. The van der Waals surface area contributed by atoms with Crippen molar-refractivity contribution in [3.8, 4) is 11.3 Å². The molecule has 0 radical (unpaired) electrons. The van der Waals surface area contributed by atoms with Crippen LogP contribution >= 0.6 is 0 Å². The Morgan fingerprint density at radius 1 is 1.19 bits per heavy atom. The number of fused-ring (bicyclic) bond motifs is 1. The van der Waals surface area contributed by atoms with Gasteiger partial charge in [-0.2, -0.15) is 13.2 Å².